The largest absolute Gasteiger partial charge is 0.384 e. The minimum atomic E-state index is 0.617. The summed E-state index contributed by atoms with van der Waals surface area (Å²) in [6.45, 7) is 0. The van der Waals surface area contributed by atoms with Crippen LogP contribution in [0.1, 0.15) is 11.3 Å². The van der Waals surface area contributed by atoms with E-state index in [0.717, 1.165) is 17.8 Å². The molecule has 2 N–H and O–H groups in total. The zero-order valence-corrected chi connectivity index (χ0v) is 9.24. The van der Waals surface area contributed by atoms with Gasteiger partial charge in [0.25, 0.3) is 0 Å². The molecule has 4 nitrogen and oxygen atoms in total. The normalized spacial score (nSPS) is 10.8. The zero-order valence-electron chi connectivity index (χ0n) is 9.24. The van der Waals surface area contributed by atoms with Crippen molar-refractivity contribution in [1.29, 1.82) is 0 Å². The van der Waals surface area contributed by atoms with Crippen LogP contribution in [0.5, 0.6) is 0 Å². The van der Waals surface area contributed by atoms with Crippen molar-refractivity contribution < 1.29 is 0 Å². The Balaban J connectivity index is 2.01. The highest BCUT2D eigenvalue weighted by Crippen LogP contribution is 2.12. The molecular weight excluding hydrogens is 212 g/mol. The molecule has 0 radical (unpaired) electrons. The summed E-state index contributed by atoms with van der Waals surface area (Å²) in [5.41, 5.74) is 8.89. The number of benzene rings is 1. The molecule has 0 amide bonds. The molecule has 2 heterocycles. The van der Waals surface area contributed by atoms with E-state index in [0.29, 0.717) is 5.82 Å². The molecule has 0 fully saturated rings. The van der Waals surface area contributed by atoms with Crippen molar-refractivity contribution >= 4 is 11.5 Å². The van der Waals surface area contributed by atoms with Gasteiger partial charge in [0.05, 0.1) is 11.9 Å². The van der Waals surface area contributed by atoms with Crippen LogP contribution in [0.15, 0.2) is 48.7 Å². The first kappa shape index (κ1) is 9.84. The van der Waals surface area contributed by atoms with E-state index in [1.807, 2.05) is 30.3 Å². The number of nitrogens with zero attached hydrogens (tertiary/aromatic N) is 3. The van der Waals surface area contributed by atoms with E-state index >= 15 is 0 Å². The number of rotatable bonds is 2. The number of hydrogen-bond donors (Lipinski definition) is 1. The molecule has 0 aliphatic heterocycles. The van der Waals surface area contributed by atoms with Crippen LogP contribution in [0.2, 0.25) is 0 Å². The van der Waals surface area contributed by atoms with Crippen molar-refractivity contribution in [3.05, 3.63) is 59.9 Å². The van der Waals surface area contributed by atoms with Gasteiger partial charge in [-0.2, -0.15) is 9.61 Å². The van der Waals surface area contributed by atoms with E-state index in [9.17, 15) is 0 Å². The third-order valence-electron chi connectivity index (χ3n) is 2.67. The quantitative estimate of drug-likeness (QED) is 0.723. The average molecular weight is 224 g/mol. The fraction of sp³-hybridized carbons (Fsp3) is 0.0769. The molecule has 0 saturated carbocycles. The standard InChI is InChI=1S/C13H12N4/c14-12-9-11(8-10-4-2-1-3-5-10)16-13-6-7-15-17(12)13/h1-7,9H,8,14H2. The van der Waals surface area contributed by atoms with Gasteiger partial charge in [-0.05, 0) is 5.56 Å². The van der Waals surface area contributed by atoms with Crippen molar-refractivity contribution in [3.8, 4) is 0 Å². The van der Waals surface area contributed by atoms with Gasteiger partial charge >= 0.3 is 0 Å². The second-order valence-corrected chi connectivity index (χ2v) is 3.94. The summed E-state index contributed by atoms with van der Waals surface area (Å²) in [4.78, 5) is 4.51. The molecule has 1 aromatic carbocycles. The Hall–Kier alpha value is -2.36. The van der Waals surface area contributed by atoms with Gasteiger partial charge in [0.15, 0.2) is 5.65 Å². The lowest BCUT2D eigenvalue weighted by Gasteiger charge is -2.04. The van der Waals surface area contributed by atoms with Gasteiger partial charge in [-0.25, -0.2) is 4.98 Å². The Morgan fingerprint density at radius 3 is 2.76 bits per heavy atom. The minimum absolute atomic E-state index is 0.617. The Kier molecular flexibility index (Phi) is 2.26. The third-order valence-corrected chi connectivity index (χ3v) is 2.67. The fourth-order valence-electron chi connectivity index (χ4n) is 1.89. The number of fused-ring (bicyclic) bond motifs is 1. The number of hydrogen-bond acceptors (Lipinski definition) is 3. The van der Waals surface area contributed by atoms with Gasteiger partial charge in [-0.15, -0.1) is 0 Å². The highest BCUT2D eigenvalue weighted by Gasteiger charge is 2.04. The summed E-state index contributed by atoms with van der Waals surface area (Å²) >= 11 is 0. The highest BCUT2D eigenvalue weighted by atomic mass is 15.3. The third kappa shape index (κ3) is 1.85. The van der Waals surface area contributed by atoms with Crippen molar-refractivity contribution in [2.45, 2.75) is 6.42 Å². The van der Waals surface area contributed by atoms with E-state index in [1.165, 1.54) is 5.56 Å². The minimum Gasteiger partial charge on any atom is -0.384 e. The molecule has 0 spiro atoms. The predicted octanol–water partition coefficient (Wildman–Crippen LogP) is 1.90. The first-order valence-corrected chi connectivity index (χ1v) is 5.46. The number of nitrogens with two attached hydrogens (primary N) is 1. The maximum atomic E-state index is 5.92. The molecule has 2 aromatic heterocycles. The van der Waals surface area contributed by atoms with Crippen LogP contribution < -0.4 is 5.73 Å². The predicted molar refractivity (Wildman–Crippen MR) is 66.6 cm³/mol. The molecule has 84 valence electrons. The summed E-state index contributed by atoms with van der Waals surface area (Å²) in [5.74, 6) is 0.617. The van der Waals surface area contributed by atoms with Crippen LogP contribution >= 0.6 is 0 Å². The Bertz CT molecular complexity index is 643. The monoisotopic (exact) mass is 224 g/mol. The van der Waals surface area contributed by atoms with E-state index in [4.69, 9.17) is 5.73 Å². The van der Waals surface area contributed by atoms with E-state index in [2.05, 4.69) is 22.2 Å². The molecular formula is C13H12N4. The summed E-state index contributed by atoms with van der Waals surface area (Å²) in [5, 5.41) is 4.10. The lowest BCUT2D eigenvalue weighted by molar-refractivity contribution is 0.931. The molecule has 17 heavy (non-hydrogen) atoms. The smallest absolute Gasteiger partial charge is 0.157 e. The van der Waals surface area contributed by atoms with Crippen LogP contribution in [-0.2, 0) is 6.42 Å². The molecule has 0 atom stereocenters. The zero-order chi connectivity index (χ0) is 11.7. The van der Waals surface area contributed by atoms with Crippen molar-refractivity contribution in [3.63, 3.8) is 0 Å². The van der Waals surface area contributed by atoms with Crippen LogP contribution in [0, 0.1) is 0 Å². The van der Waals surface area contributed by atoms with Crippen LogP contribution in [-0.4, -0.2) is 14.6 Å². The molecule has 3 aromatic rings. The topological polar surface area (TPSA) is 56.2 Å². The van der Waals surface area contributed by atoms with Gasteiger partial charge in [0, 0.05) is 18.6 Å². The molecule has 0 bridgehead atoms. The second-order valence-electron chi connectivity index (χ2n) is 3.94. The Morgan fingerprint density at radius 1 is 1.12 bits per heavy atom. The Morgan fingerprint density at radius 2 is 1.94 bits per heavy atom. The number of aromatic nitrogens is 3. The second kappa shape index (κ2) is 3.90. The molecule has 0 aliphatic carbocycles. The summed E-state index contributed by atoms with van der Waals surface area (Å²) < 4.78 is 1.63. The first-order valence-electron chi connectivity index (χ1n) is 5.46. The van der Waals surface area contributed by atoms with E-state index < -0.39 is 0 Å². The maximum Gasteiger partial charge on any atom is 0.157 e. The van der Waals surface area contributed by atoms with Crippen molar-refractivity contribution in [2.24, 2.45) is 0 Å². The van der Waals surface area contributed by atoms with Gasteiger partial charge in [-0.1, -0.05) is 30.3 Å². The number of nitrogen functional groups attached to an aromatic ring is 1. The van der Waals surface area contributed by atoms with Crippen LogP contribution in [0.3, 0.4) is 0 Å². The lowest BCUT2D eigenvalue weighted by atomic mass is 10.1. The SMILES string of the molecule is Nc1cc(Cc2ccccc2)nc2ccnn12. The Labute approximate surface area is 98.7 Å². The molecule has 0 aliphatic rings. The first-order chi connectivity index (χ1) is 8.33. The van der Waals surface area contributed by atoms with Crippen molar-refractivity contribution in [1.82, 2.24) is 14.6 Å². The van der Waals surface area contributed by atoms with Gasteiger partial charge in [0.2, 0.25) is 0 Å². The lowest BCUT2D eigenvalue weighted by Crippen LogP contribution is -2.03. The van der Waals surface area contributed by atoms with Gasteiger partial charge < -0.3 is 5.73 Å². The average Bonchev–Trinajstić information content (AvgIpc) is 2.79. The van der Waals surface area contributed by atoms with Gasteiger partial charge in [-0.3, -0.25) is 0 Å². The van der Waals surface area contributed by atoms with E-state index in [1.54, 1.807) is 10.7 Å². The molecule has 0 unspecified atom stereocenters. The molecule has 4 heteroatoms. The van der Waals surface area contributed by atoms with Gasteiger partial charge in [0.1, 0.15) is 5.82 Å². The highest BCUT2D eigenvalue weighted by molar-refractivity contribution is 5.47. The molecule has 3 rings (SSSR count). The molecule has 0 saturated heterocycles. The van der Waals surface area contributed by atoms with Crippen molar-refractivity contribution in [2.75, 3.05) is 5.73 Å². The summed E-state index contributed by atoms with van der Waals surface area (Å²) in [7, 11) is 0. The summed E-state index contributed by atoms with van der Waals surface area (Å²) in [6.07, 6.45) is 2.48. The fourth-order valence-corrected chi connectivity index (χ4v) is 1.89. The number of anilines is 1. The van der Waals surface area contributed by atoms with Crippen LogP contribution in [0.4, 0.5) is 5.82 Å². The summed E-state index contributed by atoms with van der Waals surface area (Å²) in [6, 6.07) is 13.9. The van der Waals surface area contributed by atoms with Crippen LogP contribution in [0.25, 0.3) is 5.65 Å². The van der Waals surface area contributed by atoms with E-state index in [-0.39, 0.29) is 0 Å². The maximum absolute atomic E-state index is 5.92.